The summed E-state index contributed by atoms with van der Waals surface area (Å²) in [6.07, 6.45) is 4.71. The number of hydrazone groups is 1. The van der Waals surface area contributed by atoms with Gasteiger partial charge < -0.3 is 0 Å². The van der Waals surface area contributed by atoms with Crippen LogP contribution in [-0.2, 0) is 0 Å². The largest absolute Gasteiger partial charge is 0.272 e. The van der Waals surface area contributed by atoms with Gasteiger partial charge in [0.15, 0.2) is 6.19 Å². The number of hydrogen-bond acceptors (Lipinski definition) is 4. The van der Waals surface area contributed by atoms with Crippen molar-refractivity contribution in [1.82, 2.24) is 9.91 Å². The fourth-order valence-electron chi connectivity index (χ4n) is 1.21. The van der Waals surface area contributed by atoms with Crippen LogP contribution in [0.2, 0.25) is 0 Å². The van der Waals surface area contributed by atoms with Gasteiger partial charge in [0.1, 0.15) is 12.5 Å². The Bertz CT molecular complexity index is 193. The second kappa shape index (κ2) is 3.24. The van der Waals surface area contributed by atoms with E-state index in [1.54, 1.807) is 11.2 Å². The molecule has 0 amide bonds. The molecule has 0 radical (unpaired) electrons. The van der Waals surface area contributed by atoms with Crippen LogP contribution in [0, 0.1) is 11.5 Å². The maximum Gasteiger partial charge on any atom is 0.187 e. The third-order valence-electron chi connectivity index (χ3n) is 1.79. The van der Waals surface area contributed by atoms with E-state index in [-0.39, 0.29) is 6.17 Å². The Morgan fingerprint density at radius 1 is 1.64 bits per heavy atom. The molecule has 0 fully saturated rings. The molecule has 0 aromatic carbocycles. The third-order valence-corrected chi connectivity index (χ3v) is 1.79. The third kappa shape index (κ3) is 1.27. The fourth-order valence-corrected chi connectivity index (χ4v) is 1.21. The molecule has 60 valence electrons. The molecule has 11 heavy (non-hydrogen) atoms. The number of nitriles is 1. The summed E-state index contributed by atoms with van der Waals surface area (Å²) in [4.78, 5) is 1.57. The molecule has 0 aliphatic carbocycles. The molecule has 1 heterocycles. The van der Waals surface area contributed by atoms with E-state index < -0.39 is 0 Å². The first-order chi connectivity index (χ1) is 5.33. The highest BCUT2D eigenvalue weighted by Crippen LogP contribution is 2.13. The Morgan fingerprint density at radius 2 is 2.36 bits per heavy atom. The van der Waals surface area contributed by atoms with Gasteiger partial charge in [0.05, 0.1) is 0 Å². The Hall–Kier alpha value is -1.24. The maximum absolute atomic E-state index is 8.64. The highest BCUT2D eigenvalue weighted by Gasteiger charge is 2.24. The highest BCUT2D eigenvalue weighted by molar-refractivity contribution is 5.59. The van der Waals surface area contributed by atoms with Crippen LogP contribution in [0.15, 0.2) is 5.10 Å². The molecule has 4 heteroatoms. The number of hydrogen-bond donors (Lipinski definition) is 0. The molecule has 0 saturated carbocycles. The van der Waals surface area contributed by atoms with E-state index in [1.807, 2.05) is 18.9 Å². The van der Waals surface area contributed by atoms with Gasteiger partial charge in [0.2, 0.25) is 0 Å². The van der Waals surface area contributed by atoms with Crippen molar-refractivity contribution < 1.29 is 0 Å². The zero-order valence-electron chi connectivity index (χ0n) is 6.86. The predicted octanol–water partition coefficient (Wildman–Crippen LogP) is 0.784. The van der Waals surface area contributed by atoms with Crippen molar-refractivity contribution in [2.75, 3.05) is 6.54 Å². The summed E-state index contributed by atoms with van der Waals surface area (Å²) in [5.74, 6) is 0. The lowest BCUT2D eigenvalue weighted by molar-refractivity contribution is 0.165. The van der Waals surface area contributed by atoms with Crippen molar-refractivity contribution in [2.45, 2.75) is 26.4 Å². The normalized spacial score (nSPS) is 22.5. The van der Waals surface area contributed by atoms with Crippen molar-refractivity contribution in [3.05, 3.63) is 0 Å². The molecule has 1 atom stereocenters. The van der Waals surface area contributed by atoms with Crippen LogP contribution in [0.4, 0.5) is 0 Å². The van der Waals surface area contributed by atoms with Crippen LogP contribution in [0.1, 0.15) is 20.3 Å². The maximum atomic E-state index is 8.64. The van der Waals surface area contributed by atoms with E-state index in [4.69, 9.17) is 5.26 Å². The van der Waals surface area contributed by atoms with Gasteiger partial charge in [-0.15, -0.1) is 0 Å². The number of rotatable bonds is 2. The van der Waals surface area contributed by atoms with E-state index in [0.29, 0.717) is 0 Å². The summed E-state index contributed by atoms with van der Waals surface area (Å²) < 4.78 is 0. The molecule has 0 aromatic heterocycles. The molecule has 1 unspecified atom stereocenters. The van der Waals surface area contributed by atoms with Gasteiger partial charge in [0, 0.05) is 6.54 Å². The lowest BCUT2D eigenvalue weighted by Gasteiger charge is -2.23. The van der Waals surface area contributed by atoms with Gasteiger partial charge in [-0.25, -0.2) is 4.90 Å². The van der Waals surface area contributed by atoms with Crippen LogP contribution in [0.5, 0.6) is 0 Å². The summed E-state index contributed by atoms with van der Waals surface area (Å²) in [5, 5.41) is 14.6. The van der Waals surface area contributed by atoms with Crippen LogP contribution in [0.25, 0.3) is 0 Å². The van der Waals surface area contributed by atoms with Gasteiger partial charge in [-0.05, 0) is 13.3 Å². The van der Waals surface area contributed by atoms with E-state index in [2.05, 4.69) is 11.3 Å². The van der Waals surface area contributed by atoms with Crippen LogP contribution < -0.4 is 0 Å². The van der Waals surface area contributed by atoms with E-state index in [9.17, 15) is 0 Å². The van der Waals surface area contributed by atoms with Gasteiger partial charge in [-0.3, -0.25) is 5.01 Å². The quantitative estimate of drug-likeness (QED) is 0.549. The Balaban J connectivity index is 2.64. The fraction of sp³-hybridized carbons (Fsp3) is 0.714. The highest BCUT2D eigenvalue weighted by atomic mass is 15.6. The molecule has 0 saturated heterocycles. The van der Waals surface area contributed by atoms with Gasteiger partial charge in [0.25, 0.3) is 0 Å². The standard InChI is InChI=1S/C7H12N4/c1-3-7-10(5-8)6-9-11(7)4-2/h6-7H,3-4H2,1-2H3. The van der Waals surface area contributed by atoms with Crippen molar-refractivity contribution >= 4 is 6.34 Å². The second-order valence-corrected chi connectivity index (χ2v) is 2.38. The van der Waals surface area contributed by atoms with Crippen LogP contribution >= 0.6 is 0 Å². The van der Waals surface area contributed by atoms with Gasteiger partial charge in [-0.1, -0.05) is 6.92 Å². The summed E-state index contributed by atoms with van der Waals surface area (Å²) in [5.41, 5.74) is 0. The van der Waals surface area contributed by atoms with E-state index in [1.165, 1.54) is 0 Å². The molecule has 1 aliphatic rings. The van der Waals surface area contributed by atoms with Crippen LogP contribution in [0.3, 0.4) is 0 Å². The minimum atomic E-state index is 0.144. The van der Waals surface area contributed by atoms with Crippen molar-refractivity contribution in [2.24, 2.45) is 5.10 Å². The Labute approximate surface area is 66.7 Å². The average Bonchev–Trinajstić information content (AvgIpc) is 2.45. The predicted molar refractivity (Wildman–Crippen MR) is 42.4 cm³/mol. The molecule has 0 spiro atoms. The molecule has 1 rings (SSSR count). The van der Waals surface area contributed by atoms with Crippen molar-refractivity contribution in [3.63, 3.8) is 0 Å². The first kappa shape index (κ1) is 7.86. The SMILES string of the molecule is CCC1N(C#N)C=NN1CC. The topological polar surface area (TPSA) is 42.6 Å². The first-order valence-electron chi connectivity index (χ1n) is 3.82. The lowest BCUT2D eigenvalue weighted by Crippen LogP contribution is -2.36. The zero-order chi connectivity index (χ0) is 8.27. The molecule has 0 N–H and O–H groups in total. The first-order valence-corrected chi connectivity index (χ1v) is 3.82. The Kier molecular flexibility index (Phi) is 2.32. The van der Waals surface area contributed by atoms with E-state index in [0.717, 1.165) is 13.0 Å². The molecular weight excluding hydrogens is 140 g/mol. The molecule has 0 aromatic rings. The minimum absolute atomic E-state index is 0.144. The van der Waals surface area contributed by atoms with Gasteiger partial charge in [-0.2, -0.15) is 10.4 Å². The second-order valence-electron chi connectivity index (χ2n) is 2.38. The van der Waals surface area contributed by atoms with Crippen LogP contribution in [-0.4, -0.2) is 29.0 Å². The molecular formula is C7H12N4. The molecule has 1 aliphatic heterocycles. The average molecular weight is 152 g/mol. The summed E-state index contributed by atoms with van der Waals surface area (Å²) >= 11 is 0. The minimum Gasteiger partial charge on any atom is -0.272 e. The molecule has 0 bridgehead atoms. The summed E-state index contributed by atoms with van der Waals surface area (Å²) in [6, 6.07) is 0. The molecule has 4 nitrogen and oxygen atoms in total. The lowest BCUT2D eigenvalue weighted by atomic mass is 10.3. The number of nitrogens with zero attached hydrogens (tertiary/aromatic N) is 4. The van der Waals surface area contributed by atoms with Gasteiger partial charge >= 0.3 is 0 Å². The Morgan fingerprint density at radius 3 is 2.82 bits per heavy atom. The van der Waals surface area contributed by atoms with E-state index >= 15 is 0 Å². The summed E-state index contributed by atoms with van der Waals surface area (Å²) in [7, 11) is 0. The van der Waals surface area contributed by atoms with Crippen molar-refractivity contribution in [3.8, 4) is 6.19 Å². The smallest absolute Gasteiger partial charge is 0.187 e. The monoisotopic (exact) mass is 152 g/mol. The van der Waals surface area contributed by atoms with Crippen molar-refractivity contribution in [1.29, 1.82) is 5.26 Å². The zero-order valence-corrected chi connectivity index (χ0v) is 6.86. The summed E-state index contributed by atoms with van der Waals surface area (Å²) in [6.45, 7) is 4.93.